The largest absolute Gasteiger partial charge is 0.332 e. The van der Waals surface area contributed by atoms with Crippen LogP contribution in [-0.2, 0) is 4.79 Å². The molecule has 0 saturated heterocycles. The van der Waals surface area contributed by atoms with Gasteiger partial charge in [-0.05, 0) is 98.2 Å². The summed E-state index contributed by atoms with van der Waals surface area (Å²) < 4.78 is 0. The first-order chi connectivity index (χ1) is 18.3. The van der Waals surface area contributed by atoms with Gasteiger partial charge in [0.15, 0.2) is 10.9 Å². The minimum atomic E-state index is -0.448. The highest BCUT2D eigenvalue weighted by Crippen LogP contribution is 2.37. The van der Waals surface area contributed by atoms with Crippen LogP contribution in [0.4, 0.5) is 17.1 Å². The second-order valence-corrected chi connectivity index (χ2v) is 10.5. The fourth-order valence-electron chi connectivity index (χ4n) is 3.85. The number of carbonyl (C=O) groups is 2. The van der Waals surface area contributed by atoms with E-state index in [0.29, 0.717) is 10.7 Å². The molecule has 0 aliphatic rings. The number of anilines is 3. The summed E-state index contributed by atoms with van der Waals surface area (Å²) in [5.41, 5.74) is 6.16. The first-order valence-electron chi connectivity index (χ1n) is 12.2. The maximum Gasteiger partial charge on any atom is 0.242 e. The number of Topliss-reactive ketones (excluding diaryl/α,β-unsaturated/α-hetero) is 1. The Kier molecular flexibility index (Phi) is 8.94. The standard InChI is InChI=1S/C31H29N3O2S2/c1-20-9-7-14-28(21(20)2)34-30(36)29(24-10-5-4-6-11-24)38-27-13-8-12-26(19-27)33-31(37)32-25-17-15-23(16-18-25)22(3)35/h4-19,29H,1-3H3,(H,34,36)(H2,32,33,37). The van der Waals surface area contributed by atoms with Gasteiger partial charge in [-0.3, -0.25) is 9.59 Å². The molecule has 1 amide bonds. The molecule has 7 heteroatoms. The van der Waals surface area contributed by atoms with E-state index >= 15 is 0 Å². The van der Waals surface area contributed by atoms with E-state index in [0.717, 1.165) is 38.6 Å². The topological polar surface area (TPSA) is 70.2 Å². The van der Waals surface area contributed by atoms with E-state index in [-0.39, 0.29) is 11.7 Å². The number of nitrogens with one attached hydrogen (secondary N) is 3. The van der Waals surface area contributed by atoms with Crippen LogP contribution in [0.15, 0.2) is 102 Å². The summed E-state index contributed by atoms with van der Waals surface area (Å²) in [6.07, 6.45) is 0. The summed E-state index contributed by atoms with van der Waals surface area (Å²) in [6.45, 7) is 5.59. The summed E-state index contributed by atoms with van der Waals surface area (Å²) >= 11 is 6.97. The van der Waals surface area contributed by atoms with Crippen molar-refractivity contribution in [1.82, 2.24) is 0 Å². The lowest BCUT2D eigenvalue weighted by atomic mass is 10.1. The van der Waals surface area contributed by atoms with Crippen LogP contribution in [0, 0.1) is 13.8 Å². The second kappa shape index (κ2) is 12.5. The molecule has 38 heavy (non-hydrogen) atoms. The summed E-state index contributed by atoms with van der Waals surface area (Å²) in [5.74, 6) is -0.0671. The molecule has 0 bridgehead atoms. The number of rotatable bonds is 8. The molecule has 0 aromatic heterocycles. The van der Waals surface area contributed by atoms with Gasteiger partial charge in [-0.1, -0.05) is 48.5 Å². The highest BCUT2D eigenvalue weighted by molar-refractivity contribution is 8.00. The van der Waals surface area contributed by atoms with Gasteiger partial charge >= 0.3 is 0 Å². The number of benzene rings is 4. The van der Waals surface area contributed by atoms with Crippen molar-refractivity contribution in [3.05, 3.63) is 119 Å². The van der Waals surface area contributed by atoms with Crippen molar-refractivity contribution >= 4 is 57.8 Å². The van der Waals surface area contributed by atoms with Gasteiger partial charge in [0.25, 0.3) is 0 Å². The van der Waals surface area contributed by atoms with E-state index < -0.39 is 5.25 Å². The Morgan fingerprint density at radius 2 is 1.45 bits per heavy atom. The fourth-order valence-corrected chi connectivity index (χ4v) is 5.17. The molecule has 5 nitrogen and oxygen atoms in total. The minimum Gasteiger partial charge on any atom is -0.332 e. The van der Waals surface area contributed by atoms with Gasteiger partial charge < -0.3 is 16.0 Å². The first kappa shape index (κ1) is 27.1. The van der Waals surface area contributed by atoms with Gasteiger partial charge in [0.2, 0.25) is 5.91 Å². The SMILES string of the molecule is CC(=O)c1ccc(NC(=S)Nc2cccc(SC(C(=O)Nc3cccc(C)c3C)c3ccccc3)c2)cc1. The summed E-state index contributed by atoms with van der Waals surface area (Å²) in [6, 6.07) is 30.6. The average molecular weight is 540 g/mol. The Balaban J connectivity index is 1.48. The van der Waals surface area contributed by atoms with Gasteiger partial charge in [0, 0.05) is 27.5 Å². The molecule has 0 radical (unpaired) electrons. The Morgan fingerprint density at radius 3 is 2.16 bits per heavy atom. The van der Waals surface area contributed by atoms with Crippen molar-refractivity contribution in [2.24, 2.45) is 0 Å². The molecule has 4 rings (SSSR count). The summed E-state index contributed by atoms with van der Waals surface area (Å²) in [7, 11) is 0. The Labute approximate surface area is 233 Å². The van der Waals surface area contributed by atoms with Crippen molar-refractivity contribution in [2.45, 2.75) is 30.9 Å². The van der Waals surface area contributed by atoms with E-state index in [4.69, 9.17) is 12.2 Å². The van der Waals surface area contributed by atoms with Crippen molar-refractivity contribution in [3.63, 3.8) is 0 Å². The highest BCUT2D eigenvalue weighted by atomic mass is 32.2. The maximum atomic E-state index is 13.5. The zero-order valence-electron chi connectivity index (χ0n) is 21.4. The third-order valence-corrected chi connectivity index (χ3v) is 7.55. The number of thiocarbonyl (C=S) groups is 1. The molecule has 0 spiro atoms. The molecule has 1 unspecified atom stereocenters. The van der Waals surface area contributed by atoms with Gasteiger partial charge in [-0.15, -0.1) is 11.8 Å². The number of thioether (sulfide) groups is 1. The molecule has 0 aliphatic heterocycles. The highest BCUT2D eigenvalue weighted by Gasteiger charge is 2.23. The number of hydrogen-bond donors (Lipinski definition) is 3. The second-order valence-electron chi connectivity index (χ2n) is 8.89. The minimum absolute atomic E-state index is 0.0167. The molecular weight excluding hydrogens is 510 g/mol. The van der Waals surface area contributed by atoms with Gasteiger partial charge in [-0.25, -0.2) is 0 Å². The molecular formula is C31H29N3O2S2. The van der Waals surface area contributed by atoms with Crippen LogP contribution < -0.4 is 16.0 Å². The van der Waals surface area contributed by atoms with Crippen LogP contribution in [0.5, 0.6) is 0 Å². The number of carbonyl (C=O) groups excluding carboxylic acids is 2. The third-order valence-electron chi connectivity index (χ3n) is 6.10. The lowest BCUT2D eigenvalue weighted by molar-refractivity contribution is -0.115. The Morgan fingerprint density at radius 1 is 0.763 bits per heavy atom. The fraction of sp³-hybridized carbons (Fsp3) is 0.129. The predicted octanol–water partition coefficient (Wildman–Crippen LogP) is 7.79. The van der Waals surface area contributed by atoms with Gasteiger partial charge in [0.1, 0.15) is 5.25 Å². The molecule has 192 valence electrons. The zero-order chi connectivity index (χ0) is 27.1. The van der Waals surface area contributed by atoms with Crippen LogP contribution in [0.2, 0.25) is 0 Å². The number of aryl methyl sites for hydroxylation is 1. The first-order valence-corrected chi connectivity index (χ1v) is 13.5. The van der Waals surface area contributed by atoms with Crippen molar-refractivity contribution < 1.29 is 9.59 Å². The van der Waals surface area contributed by atoms with Crippen LogP contribution in [0.3, 0.4) is 0 Å². The molecule has 4 aromatic carbocycles. The third kappa shape index (κ3) is 7.09. The van der Waals surface area contributed by atoms with Crippen molar-refractivity contribution in [2.75, 3.05) is 16.0 Å². The van der Waals surface area contributed by atoms with Gasteiger partial charge in [0.05, 0.1) is 0 Å². The Hall–Kier alpha value is -3.94. The van der Waals surface area contributed by atoms with Crippen molar-refractivity contribution in [3.8, 4) is 0 Å². The lowest BCUT2D eigenvalue weighted by Gasteiger charge is -2.19. The zero-order valence-corrected chi connectivity index (χ0v) is 23.1. The summed E-state index contributed by atoms with van der Waals surface area (Å²) in [5, 5.41) is 9.45. The van der Waals surface area contributed by atoms with E-state index in [1.165, 1.54) is 18.7 Å². The Bertz CT molecular complexity index is 1450. The predicted molar refractivity (Wildman–Crippen MR) is 162 cm³/mol. The lowest BCUT2D eigenvalue weighted by Crippen LogP contribution is -2.20. The molecule has 0 fully saturated rings. The van der Waals surface area contributed by atoms with E-state index in [1.54, 1.807) is 12.1 Å². The summed E-state index contributed by atoms with van der Waals surface area (Å²) in [4.78, 5) is 25.9. The number of ketones is 1. The van der Waals surface area contributed by atoms with Crippen LogP contribution in [0.1, 0.15) is 39.2 Å². The average Bonchev–Trinajstić information content (AvgIpc) is 2.91. The van der Waals surface area contributed by atoms with E-state index in [2.05, 4.69) is 16.0 Å². The molecule has 3 N–H and O–H groups in total. The smallest absolute Gasteiger partial charge is 0.242 e. The molecule has 0 heterocycles. The molecule has 0 saturated carbocycles. The van der Waals surface area contributed by atoms with E-state index in [1.807, 2.05) is 98.8 Å². The van der Waals surface area contributed by atoms with Crippen LogP contribution >= 0.6 is 24.0 Å². The van der Waals surface area contributed by atoms with Crippen LogP contribution in [-0.4, -0.2) is 16.8 Å². The molecule has 4 aromatic rings. The van der Waals surface area contributed by atoms with Crippen molar-refractivity contribution in [1.29, 1.82) is 0 Å². The maximum absolute atomic E-state index is 13.5. The number of hydrogen-bond acceptors (Lipinski definition) is 4. The van der Waals surface area contributed by atoms with E-state index in [9.17, 15) is 9.59 Å². The monoisotopic (exact) mass is 539 g/mol. The van der Waals surface area contributed by atoms with Gasteiger partial charge in [-0.2, -0.15) is 0 Å². The number of amides is 1. The molecule has 0 aliphatic carbocycles. The van der Waals surface area contributed by atoms with Crippen LogP contribution in [0.25, 0.3) is 0 Å². The normalized spacial score (nSPS) is 11.3. The quantitative estimate of drug-likeness (QED) is 0.121. The molecule has 1 atom stereocenters.